The average molecular weight is 358 g/mol. The Bertz CT molecular complexity index is 784. The van der Waals surface area contributed by atoms with E-state index in [1.54, 1.807) is 13.2 Å². The van der Waals surface area contributed by atoms with Crippen LogP contribution in [0.4, 0.5) is 0 Å². The van der Waals surface area contributed by atoms with E-state index in [2.05, 4.69) is 13.8 Å². The Balaban J connectivity index is 2.03. The minimum absolute atomic E-state index is 0.0645. The van der Waals surface area contributed by atoms with E-state index in [0.29, 0.717) is 23.1 Å². The van der Waals surface area contributed by atoms with Crippen LogP contribution < -0.4 is 0 Å². The second kappa shape index (κ2) is 5.38. The van der Waals surface area contributed by atoms with E-state index in [-0.39, 0.29) is 23.2 Å². The monoisotopic (exact) mass is 358 g/mol. The van der Waals surface area contributed by atoms with E-state index in [1.807, 2.05) is 13.8 Å². The summed E-state index contributed by atoms with van der Waals surface area (Å²) in [6.45, 7) is 8.05. The Hall–Kier alpha value is -1.75. The molecule has 2 bridgehead atoms. The van der Waals surface area contributed by atoms with Gasteiger partial charge in [-0.3, -0.25) is 14.4 Å². The van der Waals surface area contributed by atoms with E-state index in [4.69, 9.17) is 9.47 Å². The highest BCUT2D eigenvalue weighted by molar-refractivity contribution is 6.51. The maximum atomic E-state index is 13.2. The lowest BCUT2D eigenvalue weighted by Crippen LogP contribution is -2.57. The summed E-state index contributed by atoms with van der Waals surface area (Å²) in [5.41, 5.74) is 0.367. The molecule has 1 heterocycles. The number of Topliss-reactive ketones (excluding diaryl/α,β-unsaturated/α-hetero) is 2. The summed E-state index contributed by atoms with van der Waals surface area (Å²) in [4.78, 5) is 39.1. The maximum absolute atomic E-state index is 13.2. The Labute approximate surface area is 153 Å². The standard InChI is InChI=1S/C21H26O5/c1-10(2)11-9-12-13(15(23)14(11)22)21-8-6-7-20(3,4)18(21)17(16(12)25-5)26-19(21)24/h9-10,16-18H,6-8H2,1-5H3/t16-,17+,18-,21+/m0/s1. The topological polar surface area (TPSA) is 69.7 Å². The van der Waals surface area contributed by atoms with Crippen molar-refractivity contribution in [2.45, 2.75) is 59.2 Å². The van der Waals surface area contributed by atoms with Gasteiger partial charge in [0, 0.05) is 24.2 Å². The molecule has 0 aromatic carbocycles. The molecule has 1 saturated carbocycles. The van der Waals surface area contributed by atoms with Gasteiger partial charge in [0.2, 0.25) is 11.6 Å². The second-order valence-electron chi connectivity index (χ2n) is 9.06. The van der Waals surface area contributed by atoms with Gasteiger partial charge in [-0.2, -0.15) is 0 Å². The summed E-state index contributed by atoms with van der Waals surface area (Å²) in [5, 5.41) is 0. The smallest absolute Gasteiger partial charge is 0.317 e. The van der Waals surface area contributed by atoms with Crippen molar-refractivity contribution < 1.29 is 23.9 Å². The molecule has 0 N–H and O–H groups in total. The molecule has 4 aliphatic rings. The van der Waals surface area contributed by atoms with Crippen LogP contribution in [0.3, 0.4) is 0 Å². The van der Waals surface area contributed by atoms with Crippen molar-refractivity contribution in [3.05, 3.63) is 22.8 Å². The van der Waals surface area contributed by atoms with Crippen molar-refractivity contribution >= 4 is 17.5 Å². The molecule has 5 nitrogen and oxygen atoms in total. The van der Waals surface area contributed by atoms with Gasteiger partial charge in [-0.05, 0) is 35.8 Å². The van der Waals surface area contributed by atoms with E-state index >= 15 is 0 Å². The van der Waals surface area contributed by atoms with Crippen LogP contribution in [0.25, 0.3) is 0 Å². The predicted molar refractivity (Wildman–Crippen MR) is 94.2 cm³/mol. The van der Waals surface area contributed by atoms with Crippen LogP contribution in [0.5, 0.6) is 0 Å². The Morgan fingerprint density at radius 1 is 1.15 bits per heavy atom. The van der Waals surface area contributed by atoms with Gasteiger partial charge in [0.15, 0.2) is 0 Å². The third kappa shape index (κ3) is 1.92. The first kappa shape index (κ1) is 17.7. The predicted octanol–water partition coefficient (Wildman–Crippen LogP) is 2.78. The number of ketones is 2. The van der Waals surface area contributed by atoms with Gasteiger partial charge in [-0.1, -0.05) is 34.1 Å². The fourth-order valence-electron chi connectivity index (χ4n) is 5.90. The van der Waals surface area contributed by atoms with Crippen LogP contribution >= 0.6 is 0 Å². The first-order chi connectivity index (χ1) is 12.2. The molecule has 0 unspecified atom stereocenters. The number of hydrogen-bond donors (Lipinski definition) is 0. The van der Waals surface area contributed by atoms with Gasteiger partial charge in [-0.15, -0.1) is 0 Å². The van der Waals surface area contributed by atoms with Crippen LogP contribution in [0.2, 0.25) is 0 Å². The fourth-order valence-corrected chi connectivity index (χ4v) is 5.90. The molecule has 3 aliphatic carbocycles. The van der Waals surface area contributed by atoms with E-state index < -0.39 is 29.2 Å². The van der Waals surface area contributed by atoms with E-state index in [1.165, 1.54) is 0 Å². The molecule has 4 rings (SSSR count). The third-order valence-corrected chi connectivity index (χ3v) is 6.92. The molecule has 5 heteroatoms. The quantitative estimate of drug-likeness (QED) is 0.431. The largest absolute Gasteiger partial charge is 0.458 e. The fraction of sp³-hybridized carbons (Fsp3) is 0.667. The van der Waals surface area contributed by atoms with Crippen molar-refractivity contribution in [1.82, 2.24) is 0 Å². The lowest BCUT2D eigenvalue weighted by atomic mass is 9.48. The Kier molecular flexibility index (Phi) is 3.65. The molecule has 0 radical (unpaired) electrons. The molecule has 0 aromatic rings. The first-order valence-corrected chi connectivity index (χ1v) is 9.46. The highest BCUT2D eigenvalue weighted by atomic mass is 16.6. The number of rotatable bonds is 2. The van der Waals surface area contributed by atoms with Crippen molar-refractivity contribution in [1.29, 1.82) is 0 Å². The van der Waals surface area contributed by atoms with Crippen LogP contribution in [0.15, 0.2) is 22.8 Å². The highest BCUT2D eigenvalue weighted by Gasteiger charge is 2.71. The SMILES string of the molecule is CO[C@H]1C2=C(C(=O)C(=O)C(C(C)C)=C2)[C@]23CCCC(C)(C)[C@@H]2[C@@H]1OC3=O. The molecular formula is C21H26O5. The summed E-state index contributed by atoms with van der Waals surface area (Å²) >= 11 is 0. The number of carbonyl (C=O) groups excluding carboxylic acids is 3. The summed E-state index contributed by atoms with van der Waals surface area (Å²) < 4.78 is 11.6. The van der Waals surface area contributed by atoms with Crippen LogP contribution in [-0.4, -0.2) is 36.9 Å². The van der Waals surface area contributed by atoms with Gasteiger partial charge >= 0.3 is 5.97 Å². The third-order valence-electron chi connectivity index (χ3n) is 6.92. The van der Waals surface area contributed by atoms with Crippen LogP contribution in [0.1, 0.15) is 47.0 Å². The lowest BCUT2D eigenvalue weighted by molar-refractivity contribution is -0.150. The first-order valence-electron chi connectivity index (χ1n) is 9.46. The summed E-state index contributed by atoms with van der Waals surface area (Å²) in [7, 11) is 1.58. The summed E-state index contributed by atoms with van der Waals surface area (Å²) in [6, 6.07) is 0. The van der Waals surface area contributed by atoms with Crippen LogP contribution in [0, 0.1) is 22.7 Å². The number of allylic oxidation sites excluding steroid dienone is 1. The zero-order valence-corrected chi connectivity index (χ0v) is 16.0. The normalized spacial score (nSPS) is 38.2. The number of ether oxygens (including phenoxy) is 2. The van der Waals surface area contributed by atoms with E-state index in [9.17, 15) is 14.4 Å². The summed E-state index contributed by atoms with van der Waals surface area (Å²) in [5.74, 6) is -1.58. The minimum atomic E-state index is -0.997. The van der Waals surface area contributed by atoms with Gasteiger partial charge in [-0.25, -0.2) is 0 Å². The zero-order chi connectivity index (χ0) is 19.0. The number of carbonyl (C=O) groups is 3. The number of methoxy groups -OCH3 is 1. The van der Waals surface area contributed by atoms with Crippen molar-refractivity contribution in [3.63, 3.8) is 0 Å². The molecule has 0 aromatic heterocycles. The molecule has 2 fully saturated rings. The summed E-state index contributed by atoms with van der Waals surface area (Å²) in [6.07, 6.45) is 3.25. The number of hydrogen-bond acceptors (Lipinski definition) is 5. The van der Waals surface area contributed by atoms with Crippen molar-refractivity contribution in [3.8, 4) is 0 Å². The van der Waals surface area contributed by atoms with Crippen molar-refractivity contribution in [2.24, 2.45) is 22.7 Å². The van der Waals surface area contributed by atoms with Crippen molar-refractivity contribution in [2.75, 3.05) is 7.11 Å². The Morgan fingerprint density at radius 3 is 2.46 bits per heavy atom. The minimum Gasteiger partial charge on any atom is -0.458 e. The molecule has 26 heavy (non-hydrogen) atoms. The molecule has 4 atom stereocenters. The van der Waals surface area contributed by atoms with Crippen LogP contribution in [-0.2, 0) is 23.9 Å². The Morgan fingerprint density at radius 2 is 1.85 bits per heavy atom. The zero-order valence-electron chi connectivity index (χ0n) is 16.0. The molecule has 0 amide bonds. The highest BCUT2D eigenvalue weighted by Crippen LogP contribution is 2.65. The average Bonchev–Trinajstić information content (AvgIpc) is 2.81. The van der Waals surface area contributed by atoms with Gasteiger partial charge in [0.05, 0.1) is 0 Å². The van der Waals surface area contributed by atoms with Gasteiger partial charge in [0.25, 0.3) is 0 Å². The molecule has 140 valence electrons. The second-order valence-corrected chi connectivity index (χ2v) is 9.06. The molecule has 1 saturated heterocycles. The van der Waals surface area contributed by atoms with E-state index in [0.717, 1.165) is 12.8 Å². The molecular weight excluding hydrogens is 332 g/mol. The van der Waals surface area contributed by atoms with Gasteiger partial charge in [0.1, 0.15) is 17.6 Å². The lowest BCUT2D eigenvalue weighted by Gasteiger charge is -2.52. The number of esters is 1. The maximum Gasteiger partial charge on any atom is 0.317 e. The molecule has 1 aliphatic heterocycles. The van der Waals surface area contributed by atoms with Gasteiger partial charge < -0.3 is 9.47 Å². The molecule has 0 spiro atoms.